The van der Waals surface area contributed by atoms with Gasteiger partial charge in [-0.05, 0) is 32.6 Å². The smallest absolute Gasteiger partial charge is 0.252 e. The van der Waals surface area contributed by atoms with Gasteiger partial charge in [-0.2, -0.15) is 5.26 Å². The summed E-state index contributed by atoms with van der Waals surface area (Å²) in [5.41, 5.74) is -0.857. The molecule has 0 aliphatic heterocycles. The second-order valence-electron chi connectivity index (χ2n) is 4.13. The van der Waals surface area contributed by atoms with E-state index in [0.29, 0.717) is 5.92 Å². The number of amides is 1. The zero-order chi connectivity index (χ0) is 10.8. The van der Waals surface area contributed by atoms with Gasteiger partial charge in [0.05, 0.1) is 6.07 Å². The Morgan fingerprint density at radius 2 is 2.21 bits per heavy atom. The molecule has 0 aromatic heterocycles. The zero-order valence-corrected chi connectivity index (χ0v) is 8.83. The van der Waals surface area contributed by atoms with E-state index in [-0.39, 0.29) is 11.9 Å². The first-order chi connectivity index (χ1) is 6.51. The van der Waals surface area contributed by atoms with E-state index < -0.39 is 5.60 Å². The summed E-state index contributed by atoms with van der Waals surface area (Å²) in [5, 5.41) is 11.5. The van der Waals surface area contributed by atoms with Gasteiger partial charge < -0.3 is 10.1 Å². The number of methoxy groups -OCH3 is 1. The number of nitrogens with zero attached hydrogens (tertiary/aromatic N) is 1. The molecular formula is C10H16N2O2. The van der Waals surface area contributed by atoms with Crippen LogP contribution in [0.1, 0.15) is 26.7 Å². The van der Waals surface area contributed by atoms with Crippen molar-refractivity contribution in [3.63, 3.8) is 0 Å². The van der Waals surface area contributed by atoms with Crippen LogP contribution in [-0.2, 0) is 9.53 Å². The summed E-state index contributed by atoms with van der Waals surface area (Å²) in [5.74, 6) is 0.120. The van der Waals surface area contributed by atoms with Crippen molar-refractivity contribution in [1.29, 1.82) is 5.26 Å². The molecule has 0 saturated heterocycles. The summed E-state index contributed by atoms with van der Waals surface area (Å²) in [6, 6.07) is 1.75. The van der Waals surface area contributed by atoms with E-state index in [4.69, 9.17) is 10.00 Å². The Labute approximate surface area is 84.2 Å². The van der Waals surface area contributed by atoms with Crippen LogP contribution < -0.4 is 5.32 Å². The number of nitrogens with one attached hydrogen (secondary N) is 1. The SMILES string of the molecule is COC(C)(C)C(=O)NC(C#N)C1CC1. The van der Waals surface area contributed by atoms with Gasteiger partial charge in [-0.3, -0.25) is 4.79 Å². The number of rotatable bonds is 4. The van der Waals surface area contributed by atoms with Gasteiger partial charge in [0.2, 0.25) is 0 Å². The number of carbonyl (C=O) groups is 1. The van der Waals surface area contributed by atoms with Crippen LogP contribution in [0.3, 0.4) is 0 Å². The predicted octanol–water partition coefficient (Wildman–Crippen LogP) is 0.830. The third-order valence-corrected chi connectivity index (χ3v) is 2.58. The molecular weight excluding hydrogens is 180 g/mol. The molecule has 0 aromatic carbocycles. The van der Waals surface area contributed by atoms with Crippen LogP contribution in [0.5, 0.6) is 0 Å². The summed E-state index contributed by atoms with van der Waals surface area (Å²) in [6.45, 7) is 3.37. The van der Waals surface area contributed by atoms with Gasteiger partial charge in [-0.15, -0.1) is 0 Å². The van der Waals surface area contributed by atoms with Gasteiger partial charge in [0.15, 0.2) is 0 Å². The third-order valence-electron chi connectivity index (χ3n) is 2.58. The monoisotopic (exact) mass is 196 g/mol. The van der Waals surface area contributed by atoms with Crippen LogP contribution in [0.4, 0.5) is 0 Å². The van der Waals surface area contributed by atoms with Crippen LogP contribution in [0, 0.1) is 17.2 Å². The highest BCUT2D eigenvalue weighted by atomic mass is 16.5. The van der Waals surface area contributed by atoms with Crippen molar-refractivity contribution in [2.75, 3.05) is 7.11 Å². The van der Waals surface area contributed by atoms with E-state index in [9.17, 15) is 4.79 Å². The first kappa shape index (κ1) is 11.0. The summed E-state index contributed by atoms with van der Waals surface area (Å²) < 4.78 is 5.02. The molecule has 14 heavy (non-hydrogen) atoms. The predicted molar refractivity (Wildman–Crippen MR) is 51.4 cm³/mol. The summed E-state index contributed by atoms with van der Waals surface area (Å²) in [6.07, 6.45) is 2.07. The molecule has 0 spiro atoms. The molecule has 1 unspecified atom stereocenters. The number of ether oxygens (including phenoxy) is 1. The standard InChI is InChI=1S/C10H16N2O2/c1-10(2,14-3)9(13)12-8(6-11)7-4-5-7/h7-8H,4-5H2,1-3H3,(H,12,13). The van der Waals surface area contributed by atoms with Crippen LogP contribution in [-0.4, -0.2) is 24.7 Å². The molecule has 0 bridgehead atoms. The second kappa shape index (κ2) is 3.97. The maximum Gasteiger partial charge on any atom is 0.252 e. The second-order valence-corrected chi connectivity index (χ2v) is 4.13. The van der Waals surface area contributed by atoms with Crippen LogP contribution >= 0.6 is 0 Å². The Bertz CT molecular complexity index is 264. The van der Waals surface area contributed by atoms with Crippen LogP contribution in [0.2, 0.25) is 0 Å². The fourth-order valence-electron chi connectivity index (χ4n) is 1.09. The minimum absolute atomic E-state index is 0.224. The quantitative estimate of drug-likeness (QED) is 0.724. The van der Waals surface area contributed by atoms with E-state index in [1.165, 1.54) is 7.11 Å². The van der Waals surface area contributed by atoms with E-state index in [1.54, 1.807) is 13.8 Å². The average molecular weight is 196 g/mol. The van der Waals surface area contributed by atoms with Crippen molar-refractivity contribution in [3.05, 3.63) is 0 Å². The Morgan fingerprint density at radius 1 is 1.64 bits per heavy atom. The Morgan fingerprint density at radius 3 is 2.57 bits per heavy atom. The van der Waals surface area contributed by atoms with E-state index >= 15 is 0 Å². The highest BCUT2D eigenvalue weighted by Crippen LogP contribution is 2.32. The number of hydrogen-bond donors (Lipinski definition) is 1. The molecule has 1 aliphatic carbocycles. The molecule has 78 valence electrons. The van der Waals surface area contributed by atoms with Crippen molar-refractivity contribution in [3.8, 4) is 6.07 Å². The first-order valence-electron chi connectivity index (χ1n) is 4.77. The lowest BCUT2D eigenvalue weighted by Crippen LogP contribution is -2.48. The maximum atomic E-state index is 11.6. The van der Waals surface area contributed by atoms with Gasteiger partial charge in [-0.25, -0.2) is 0 Å². The Kier molecular flexibility index (Phi) is 3.12. The number of nitriles is 1. The van der Waals surface area contributed by atoms with Crippen molar-refractivity contribution in [2.45, 2.75) is 38.3 Å². The molecule has 0 heterocycles. The van der Waals surface area contributed by atoms with Crippen molar-refractivity contribution in [1.82, 2.24) is 5.32 Å². The first-order valence-corrected chi connectivity index (χ1v) is 4.77. The van der Waals surface area contributed by atoms with E-state index in [1.807, 2.05) is 0 Å². The normalized spacial score (nSPS) is 18.4. The summed E-state index contributed by atoms with van der Waals surface area (Å²) in [4.78, 5) is 11.6. The topological polar surface area (TPSA) is 62.1 Å². The van der Waals surface area contributed by atoms with Crippen molar-refractivity contribution in [2.24, 2.45) is 5.92 Å². The highest BCUT2D eigenvalue weighted by molar-refractivity contribution is 5.84. The van der Waals surface area contributed by atoms with Gasteiger partial charge in [0, 0.05) is 7.11 Å². The molecule has 0 radical (unpaired) electrons. The Balaban J connectivity index is 2.50. The molecule has 1 aliphatic rings. The summed E-state index contributed by atoms with van der Waals surface area (Å²) in [7, 11) is 1.48. The molecule has 1 atom stereocenters. The van der Waals surface area contributed by atoms with Gasteiger partial charge in [0.1, 0.15) is 11.6 Å². The maximum absolute atomic E-state index is 11.6. The average Bonchev–Trinajstić information content (AvgIpc) is 2.97. The van der Waals surface area contributed by atoms with Gasteiger partial charge >= 0.3 is 0 Å². The fourth-order valence-corrected chi connectivity index (χ4v) is 1.09. The molecule has 4 nitrogen and oxygen atoms in total. The zero-order valence-electron chi connectivity index (χ0n) is 8.83. The van der Waals surface area contributed by atoms with Crippen molar-refractivity contribution < 1.29 is 9.53 Å². The molecule has 1 rings (SSSR count). The van der Waals surface area contributed by atoms with Gasteiger partial charge in [0.25, 0.3) is 5.91 Å². The van der Waals surface area contributed by atoms with E-state index in [2.05, 4.69) is 11.4 Å². The van der Waals surface area contributed by atoms with Crippen LogP contribution in [0.25, 0.3) is 0 Å². The van der Waals surface area contributed by atoms with Crippen LogP contribution in [0.15, 0.2) is 0 Å². The van der Waals surface area contributed by atoms with E-state index in [0.717, 1.165) is 12.8 Å². The summed E-state index contributed by atoms with van der Waals surface area (Å²) >= 11 is 0. The fraction of sp³-hybridized carbons (Fsp3) is 0.800. The lowest BCUT2D eigenvalue weighted by molar-refractivity contribution is -0.140. The molecule has 0 aromatic rings. The molecule has 1 amide bonds. The molecule has 1 saturated carbocycles. The lowest BCUT2D eigenvalue weighted by Gasteiger charge is -2.23. The number of hydrogen-bond acceptors (Lipinski definition) is 3. The largest absolute Gasteiger partial charge is 0.369 e. The highest BCUT2D eigenvalue weighted by Gasteiger charge is 2.36. The molecule has 4 heteroatoms. The number of carbonyl (C=O) groups excluding carboxylic acids is 1. The minimum Gasteiger partial charge on any atom is -0.369 e. The van der Waals surface area contributed by atoms with Crippen molar-refractivity contribution >= 4 is 5.91 Å². The molecule has 1 N–H and O–H groups in total. The van der Waals surface area contributed by atoms with Gasteiger partial charge in [-0.1, -0.05) is 0 Å². The minimum atomic E-state index is -0.857. The Hall–Kier alpha value is -1.08. The third kappa shape index (κ3) is 2.46. The lowest BCUT2D eigenvalue weighted by atomic mass is 10.1. The molecule has 1 fully saturated rings.